The first kappa shape index (κ1) is 12.2. The average molecular weight is 256 g/mol. The molecule has 0 fully saturated rings. The first-order valence-corrected chi connectivity index (χ1v) is 5.87. The van der Waals surface area contributed by atoms with Crippen LogP contribution in [0.1, 0.15) is 24.9 Å². The molecule has 2 rings (SSSR count). The Labute approximate surface area is 105 Å². The smallest absolute Gasteiger partial charge is 0.249 e. The Hall–Kier alpha value is -1.26. The van der Waals surface area contributed by atoms with Crippen molar-refractivity contribution in [3.05, 3.63) is 28.8 Å². The van der Waals surface area contributed by atoms with Gasteiger partial charge in [-0.05, 0) is 13.0 Å². The van der Waals surface area contributed by atoms with Crippen LogP contribution in [-0.4, -0.2) is 23.7 Å². The largest absolute Gasteiger partial charge is 0.492 e. The molecular weight excluding hydrogens is 242 g/mol. The highest BCUT2D eigenvalue weighted by atomic mass is 35.5. The monoisotopic (exact) mass is 255 g/mol. The normalized spacial score (nSPS) is 20.1. The maximum atomic E-state index is 11.5. The third kappa shape index (κ3) is 2.53. The molecule has 0 saturated carbocycles. The molecule has 1 aromatic carbocycles. The SMILES string of the molecule is CC(O)C(=O)NC1CCOc2c(Cl)cccc21. The third-order valence-electron chi connectivity index (χ3n) is 2.72. The van der Waals surface area contributed by atoms with Gasteiger partial charge in [-0.3, -0.25) is 4.79 Å². The summed E-state index contributed by atoms with van der Waals surface area (Å²) in [6.45, 7) is 1.94. The molecule has 5 heteroatoms. The van der Waals surface area contributed by atoms with Crippen LogP contribution in [0.2, 0.25) is 5.02 Å². The molecule has 1 heterocycles. The van der Waals surface area contributed by atoms with E-state index in [0.717, 1.165) is 5.56 Å². The van der Waals surface area contributed by atoms with Gasteiger partial charge in [0.25, 0.3) is 0 Å². The van der Waals surface area contributed by atoms with E-state index in [9.17, 15) is 9.90 Å². The van der Waals surface area contributed by atoms with Crippen molar-refractivity contribution in [2.75, 3.05) is 6.61 Å². The number of ether oxygens (including phenoxy) is 1. The summed E-state index contributed by atoms with van der Waals surface area (Å²) in [5.41, 5.74) is 0.859. The summed E-state index contributed by atoms with van der Waals surface area (Å²) in [7, 11) is 0. The number of aliphatic hydroxyl groups excluding tert-OH is 1. The third-order valence-corrected chi connectivity index (χ3v) is 3.02. The second kappa shape index (κ2) is 4.94. The summed E-state index contributed by atoms with van der Waals surface area (Å²) >= 11 is 6.02. The number of para-hydroxylation sites is 1. The van der Waals surface area contributed by atoms with Crippen molar-refractivity contribution < 1.29 is 14.6 Å². The predicted molar refractivity (Wildman–Crippen MR) is 64.1 cm³/mol. The van der Waals surface area contributed by atoms with E-state index in [0.29, 0.717) is 23.8 Å². The molecule has 2 atom stereocenters. The van der Waals surface area contributed by atoms with E-state index < -0.39 is 6.10 Å². The highest BCUT2D eigenvalue weighted by Crippen LogP contribution is 2.37. The number of hydrogen-bond acceptors (Lipinski definition) is 3. The zero-order valence-electron chi connectivity index (χ0n) is 9.44. The molecule has 4 nitrogen and oxygen atoms in total. The highest BCUT2D eigenvalue weighted by molar-refractivity contribution is 6.32. The summed E-state index contributed by atoms with van der Waals surface area (Å²) in [5, 5.41) is 12.5. The molecule has 1 aliphatic rings. The Balaban J connectivity index is 2.23. The number of aliphatic hydroxyl groups is 1. The molecule has 1 aromatic rings. The van der Waals surface area contributed by atoms with E-state index in [2.05, 4.69) is 5.32 Å². The Morgan fingerprint density at radius 3 is 3.12 bits per heavy atom. The molecule has 0 radical (unpaired) electrons. The molecular formula is C12H14ClNO3. The minimum atomic E-state index is -1.01. The van der Waals surface area contributed by atoms with Gasteiger partial charge in [0.05, 0.1) is 17.7 Å². The van der Waals surface area contributed by atoms with Crippen LogP contribution < -0.4 is 10.1 Å². The van der Waals surface area contributed by atoms with Crippen molar-refractivity contribution >= 4 is 17.5 Å². The van der Waals surface area contributed by atoms with Crippen LogP contribution in [0, 0.1) is 0 Å². The van der Waals surface area contributed by atoms with Crippen molar-refractivity contribution in [1.29, 1.82) is 0 Å². The number of carbonyl (C=O) groups excluding carboxylic acids is 1. The lowest BCUT2D eigenvalue weighted by Gasteiger charge is -2.27. The van der Waals surface area contributed by atoms with E-state index in [1.54, 1.807) is 6.07 Å². The number of nitrogens with one attached hydrogen (secondary N) is 1. The average Bonchev–Trinajstić information content (AvgIpc) is 2.30. The number of carbonyl (C=O) groups is 1. The van der Waals surface area contributed by atoms with Gasteiger partial charge in [0.15, 0.2) is 0 Å². The van der Waals surface area contributed by atoms with Gasteiger partial charge >= 0.3 is 0 Å². The minimum absolute atomic E-state index is 0.153. The van der Waals surface area contributed by atoms with E-state index in [-0.39, 0.29) is 11.9 Å². The van der Waals surface area contributed by atoms with Gasteiger partial charge in [0, 0.05) is 12.0 Å². The van der Waals surface area contributed by atoms with E-state index in [1.807, 2.05) is 12.1 Å². The Kier molecular flexibility index (Phi) is 3.54. The van der Waals surface area contributed by atoms with Crippen LogP contribution in [0.15, 0.2) is 18.2 Å². The summed E-state index contributed by atoms with van der Waals surface area (Å²) in [6, 6.07) is 5.28. The fraction of sp³-hybridized carbons (Fsp3) is 0.417. The van der Waals surface area contributed by atoms with Crippen LogP contribution in [-0.2, 0) is 4.79 Å². The zero-order chi connectivity index (χ0) is 12.4. The Morgan fingerprint density at radius 2 is 2.41 bits per heavy atom. The quantitative estimate of drug-likeness (QED) is 0.845. The lowest BCUT2D eigenvalue weighted by Crippen LogP contribution is -2.37. The van der Waals surface area contributed by atoms with Gasteiger partial charge < -0.3 is 15.2 Å². The molecule has 2 N–H and O–H groups in total. The van der Waals surface area contributed by atoms with E-state index >= 15 is 0 Å². The van der Waals surface area contributed by atoms with Crippen molar-refractivity contribution in [2.45, 2.75) is 25.5 Å². The first-order valence-electron chi connectivity index (χ1n) is 5.49. The molecule has 2 unspecified atom stereocenters. The number of hydrogen-bond donors (Lipinski definition) is 2. The summed E-state index contributed by atoms with van der Waals surface area (Å²) < 4.78 is 5.48. The summed E-state index contributed by atoms with van der Waals surface area (Å²) in [4.78, 5) is 11.5. The summed E-state index contributed by atoms with van der Waals surface area (Å²) in [5.74, 6) is 0.235. The van der Waals surface area contributed by atoms with Gasteiger partial charge in [-0.25, -0.2) is 0 Å². The van der Waals surface area contributed by atoms with Crippen LogP contribution in [0.4, 0.5) is 0 Å². The standard InChI is InChI=1S/C12H14ClNO3/c1-7(15)12(16)14-10-5-6-17-11-8(10)3-2-4-9(11)13/h2-4,7,10,15H,5-6H2,1H3,(H,14,16). The summed E-state index contributed by atoms with van der Waals surface area (Å²) in [6.07, 6.45) is -0.341. The lowest BCUT2D eigenvalue weighted by molar-refractivity contribution is -0.129. The van der Waals surface area contributed by atoms with Crippen molar-refractivity contribution in [1.82, 2.24) is 5.32 Å². The van der Waals surface area contributed by atoms with Gasteiger partial charge in [-0.2, -0.15) is 0 Å². The van der Waals surface area contributed by atoms with Gasteiger partial charge in [-0.15, -0.1) is 0 Å². The highest BCUT2D eigenvalue weighted by Gasteiger charge is 2.25. The molecule has 0 spiro atoms. The second-order valence-electron chi connectivity index (χ2n) is 4.03. The molecule has 0 bridgehead atoms. The van der Waals surface area contributed by atoms with Crippen LogP contribution in [0.3, 0.4) is 0 Å². The maximum absolute atomic E-state index is 11.5. The van der Waals surface area contributed by atoms with Gasteiger partial charge in [0.2, 0.25) is 5.91 Å². The van der Waals surface area contributed by atoms with E-state index in [4.69, 9.17) is 16.3 Å². The van der Waals surface area contributed by atoms with Gasteiger partial charge in [0.1, 0.15) is 11.9 Å². The minimum Gasteiger partial charge on any atom is -0.492 e. The molecule has 17 heavy (non-hydrogen) atoms. The fourth-order valence-electron chi connectivity index (χ4n) is 1.83. The number of rotatable bonds is 2. The molecule has 0 saturated heterocycles. The van der Waals surface area contributed by atoms with Crippen molar-refractivity contribution in [2.24, 2.45) is 0 Å². The second-order valence-corrected chi connectivity index (χ2v) is 4.44. The molecule has 1 aliphatic heterocycles. The lowest BCUT2D eigenvalue weighted by atomic mass is 10.0. The number of benzene rings is 1. The topological polar surface area (TPSA) is 58.6 Å². The number of halogens is 1. The van der Waals surface area contributed by atoms with Crippen LogP contribution in [0.5, 0.6) is 5.75 Å². The van der Waals surface area contributed by atoms with Gasteiger partial charge in [-0.1, -0.05) is 23.7 Å². The number of amides is 1. The predicted octanol–water partition coefficient (Wildman–Crippen LogP) is 1.66. The van der Waals surface area contributed by atoms with Crippen molar-refractivity contribution in [3.63, 3.8) is 0 Å². The molecule has 0 aromatic heterocycles. The molecule has 92 valence electrons. The van der Waals surface area contributed by atoms with Crippen LogP contribution >= 0.6 is 11.6 Å². The fourth-order valence-corrected chi connectivity index (χ4v) is 2.07. The van der Waals surface area contributed by atoms with E-state index in [1.165, 1.54) is 6.92 Å². The first-order chi connectivity index (χ1) is 8.09. The molecule has 1 amide bonds. The maximum Gasteiger partial charge on any atom is 0.249 e. The molecule has 0 aliphatic carbocycles. The Morgan fingerprint density at radius 1 is 1.65 bits per heavy atom. The zero-order valence-corrected chi connectivity index (χ0v) is 10.2. The van der Waals surface area contributed by atoms with Crippen LogP contribution in [0.25, 0.3) is 0 Å². The Bertz CT molecular complexity index is 434. The number of fused-ring (bicyclic) bond motifs is 1. The van der Waals surface area contributed by atoms with Crippen molar-refractivity contribution in [3.8, 4) is 5.75 Å².